The van der Waals surface area contributed by atoms with Crippen LogP contribution >= 0.6 is 0 Å². The van der Waals surface area contributed by atoms with Crippen LogP contribution in [0.3, 0.4) is 0 Å². The Morgan fingerprint density at radius 1 is 1.29 bits per heavy atom. The van der Waals surface area contributed by atoms with Crippen LogP contribution in [0.4, 0.5) is 5.69 Å². The fraction of sp³-hybridized carbons (Fsp3) is 0.588. The number of carbonyl (C=O) groups is 1. The molecule has 114 valence electrons. The van der Waals surface area contributed by atoms with Gasteiger partial charge in [0.25, 0.3) is 0 Å². The van der Waals surface area contributed by atoms with E-state index in [2.05, 4.69) is 35.3 Å². The van der Waals surface area contributed by atoms with Gasteiger partial charge in [-0.1, -0.05) is 6.07 Å². The van der Waals surface area contributed by atoms with Crippen molar-refractivity contribution in [3.8, 4) is 0 Å². The highest BCUT2D eigenvalue weighted by atomic mass is 16.2. The van der Waals surface area contributed by atoms with Gasteiger partial charge in [0, 0.05) is 38.4 Å². The number of benzene rings is 1. The Morgan fingerprint density at radius 2 is 2.10 bits per heavy atom. The number of aryl methyl sites for hydroxylation is 1. The lowest BCUT2D eigenvalue weighted by molar-refractivity contribution is -0.127. The zero-order valence-electron chi connectivity index (χ0n) is 13.1. The summed E-state index contributed by atoms with van der Waals surface area (Å²) in [5, 5.41) is 3.56. The summed E-state index contributed by atoms with van der Waals surface area (Å²) in [6, 6.07) is 7.33. The third kappa shape index (κ3) is 3.56. The molecule has 1 aromatic carbocycles. The van der Waals surface area contributed by atoms with Gasteiger partial charge in [0.05, 0.1) is 6.54 Å². The van der Waals surface area contributed by atoms with E-state index in [-0.39, 0.29) is 5.91 Å². The number of nitrogens with one attached hydrogen (secondary N) is 1. The number of hydrogen-bond donors (Lipinski definition) is 1. The molecule has 1 N–H and O–H groups in total. The monoisotopic (exact) mass is 287 g/mol. The molecule has 2 fully saturated rings. The van der Waals surface area contributed by atoms with Crippen molar-refractivity contribution in [1.82, 2.24) is 10.2 Å². The number of nitrogens with zero attached hydrogens (tertiary/aromatic N) is 2. The molecule has 4 nitrogen and oxygen atoms in total. The van der Waals surface area contributed by atoms with Crippen LogP contribution in [0.15, 0.2) is 18.2 Å². The summed E-state index contributed by atoms with van der Waals surface area (Å²) in [4.78, 5) is 16.0. The van der Waals surface area contributed by atoms with Crippen molar-refractivity contribution in [2.75, 3.05) is 31.6 Å². The van der Waals surface area contributed by atoms with E-state index in [4.69, 9.17) is 0 Å². The smallest absolute Gasteiger partial charge is 0.241 e. The lowest BCUT2D eigenvalue weighted by Crippen LogP contribution is -2.34. The maximum atomic E-state index is 12.0. The van der Waals surface area contributed by atoms with Crippen LogP contribution in [0.2, 0.25) is 0 Å². The zero-order chi connectivity index (χ0) is 14.8. The average Bonchev–Trinajstić information content (AvgIpc) is 3.28. The van der Waals surface area contributed by atoms with Crippen molar-refractivity contribution in [3.63, 3.8) is 0 Å². The molecule has 1 saturated carbocycles. The van der Waals surface area contributed by atoms with Crippen molar-refractivity contribution < 1.29 is 4.79 Å². The minimum Gasteiger partial charge on any atom is -0.362 e. The summed E-state index contributed by atoms with van der Waals surface area (Å²) in [6.45, 7) is 5.43. The van der Waals surface area contributed by atoms with Gasteiger partial charge in [-0.05, 0) is 49.4 Å². The normalized spacial score (nSPS) is 19.8. The third-order valence-electron chi connectivity index (χ3n) is 4.52. The molecule has 0 aromatic heterocycles. The molecule has 0 unspecified atom stereocenters. The minimum absolute atomic E-state index is 0.213. The molecule has 1 amide bonds. The summed E-state index contributed by atoms with van der Waals surface area (Å²) < 4.78 is 0. The van der Waals surface area contributed by atoms with Gasteiger partial charge in [0.2, 0.25) is 5.91 Å². The second kappa shape index (κ2) is 6.06. The Hall–Kier alpha value is -1.55. The maximum Gasteiger partial charge on any atom is 0.241 e. The molecule has 1 heterocycles. The number of amides is 1. The maximum absolute atomic E-state index is 12.0. The van der Waals surface area contributed by atoms with Gasteiger partial charge in [-0.15, -0.1) is 0 Å². The summed E-state index contributed by atoms with van der Waals surface area (Å²) in [5.74, 6) is 0.213. The van der Waals surface area contributed by atoms with Crippen LogP contribution in [-0.4, -0.2) is 43.5 Å². The van der Waals surface area contributed by atoms with Gasteiger partial charge in [0.1, 0.15) is 0 Å². The van der Waals surface area contributed by atoms with E-state index in [1.807, 2.05) is 11.9 Å². The van der Waals surface area contributed by atoms with E-state index in [0.717, 1.165) is 32.1 Å². The molecule has 1 aliphatic carbocycles. The third-order valence-corrected chi connectivity index (χ3v) is 4.52. The van der Waals surface area contributed by atoms with Crippen LogP contribution in [0, 0.1) is 6.92 Å². The fourth-order valence-corrected chi connectivity index (χ4v) is 2.82. The number of rotatable bonds is 4. The quantitative estimate of drug-likeness (QED) is 0.919. The molecule has 1 saturated heterocycles. The van der Waals surface area contributed by atoms with Gasteiger partial charge in [0.15, 0.2) is 0 Å². The predicted octanol–water partition coefficient (Wildman–Crippen LogP) is 1.92. The van der Waals surface area contributed by atoms with Gasteiger partial charge >= 0.3 is 0 Å². The number of hydrogen-bond acceptors (Lipinski definition) is 3. The van der Waals surface area contributed by atoms with Crippen molar-refractivity contribution >= 4 is 11.6 Å². The second-order valence-electron chi connectivity index (χ2n) is 6.36. The van der Waals surface area contributed by atoms with E-state index in [9.17, 15) is 4.79 Å². The Balaban J connectivity index is 1.69. The molecule has 21 heavy (non-hydrogen) atoms. The molecule has 3 rings (SSSR count). The SMILES string of the molecule is Cc1cc(N2CCCN(C)C(=O)C2)ccc1CNC1CC1. The molecule has 4 heteroatoms. The first kappa shape index (κ1) is 14.4. The lowest BCUT2D eigenvalue weighted by atomic mass is 10.1. The lowest BCUT2D eigenvalue weighted by Gasteiger charge is -2.23. The Labute approximate surface area is 127 Å². The molecule has 2 aliphatic rings. The standard InChI is InChI=1S/C17H25N3O/c1-13-10-16(7-4-14(13)11-18-15-5-6-15)20-9-3-8-19(2)17(21)12-20/h4,7,10,15,18H,3,5-6,8-9,11-12H2,1-2H3. The van der Waals surface area contributed by atoms with E-state index in [0.29, 0.717) is 6.54 Å². The fourth-order valence-electron chi connectivity index (χ4n) is 2.82. The highest BCUT2D eigenvalue weighted by Gasteiger charge is 2.21. The topological polar surface area (TPSA) is 35.6 Å². The van der Waals surface area contributed by atoms with Crippen LogP contribution in [0.5, 0.6) is 0 Å². The van der Waals surface area contributed by atoms with Crippen molar-refractivity contribution in [2.24, 2.45) is 0 Å². The van der Waals surface area contributed by atoms with Crippen molar-refractivity contribution in [2.45, 2.75) is 38.8 Å². The summed E-state index contributed by atoms with van der Waals surface area (Å²) in [6.07, 6.45) is 3.67. The predicted molar refractivity (Wildman–Crippen MR) is 85.5 cm³/mol. The highest BCUT2D eigenvalue weighted by molar-refractivity contribution is 5.81. The minimum atomic E-state index is 0.213. The van der Waals surface area contributed by atoms with E-state index < -0.39 is 0 Å². The molecular formula is C17H25N3O. The largest absolute Gasteiger partial charge is 0.362 e. The van der Waals surface area contributed by atoms with Crippen LogP contribution in [0.1, 0.15) is 30.4 Å². The van der Waals surface area contributed by atoms with Crippen LogP contribution in [-0.2, 0) is 11.3 Å². The zero-order valence-corrected chi connectivity index (χ0v) is 13.1. The first-order valence-corrected chi connectivity index (χ1v) is 7.95. The Bertz CT molecular complexity index is 525. The second-order valence-corrected chi connectivity index (χ2v) is 6.36. The molecule has 0 bridgehead atoms. The van der Waals surface area contributed by atoms with Gasteiger partial charge in [-0.2, -0.15) is 0 Å². The Kier molecular flexibility index (Phi) is 4.15. The molecular weight excluding hydrogens is 262 g/mol. The van der Waals surface area contributed by atoms with Crippen molar-refractivity contribution in [1.29, 1.82) is 0 Å². The van der Waals surface area contributed by atoms with Gasteiger partial charge in [-0.25, -0.2) is 0 Å². The van der Waals surface area contributed by atoms with E-state index in [1.54, 1.807) is 0 Å². The molecule has 0 atom stereocenters. The first-order valence-electron chi connectivity index (χ1n) is 7.95. The van der Waals surface area contributed by atoms with Gasteiger partial charge in [-0.3, -0.25) is 4.79 Å². The molecule has 1 aliphatic heterocycles. The van der Waals surface area contributed by atoms with E-state index >= 15 is 0 Å². The summed E-state index contributed by atoms with van der Waals surface area (Å²) >= 11 is 0. The summed E-state index contributed by atoms with van der Waals surface area (Å²) in [7, 11) is 1.89. The van der Waals surface area contributed by atoms with E-state index in [1.165, 1.54) is 29.7 Å². The molecule has 0 radical (unpaired) electrons. The first-order chi connectivity index (χ1) is 10.1. The van der Waals surface area contributed by atoms with Crippen LogP contribution < -0.4 is 10.2 Å². The van der Waals surface area contributed by atoms with Gasteiger partial charge < -0.3 is 15.1 Å². The number of likely N-dealkylation sites (N-methyl/N-ethyl adjacent to an activating group) is 1. The highest BCUT2D eigenvalue weighted by Crippen LogP contribution is 2.23. The van der Waals surface area contributed by atoms with Crippen molar-refractivity contribution in [3.05, 3.63) is 29.3 Å². The van der Waals surface area contributed by atoms with Crippen LogP contribution in [0.25, 0.3) is 0 Å². The molecule has 0 spiro atoms. The summed E-state index contributed by atoms with van der Waals surface area (Å²) in [5.41, 5.74) is 3.85. The number of anilines is 1. The Morgan fingerprint density at radius 3 is 2.81 bits per heavy atom. The average molecular weight is 287 g/mol. The number of carbonyl (C=O) groups excluding carboxylic acids is 1. The molecule has 1 aromatic rings.